The maximum atomic E-state index is 12.6. The summed E-state index contributed by atoms with van der Waals surface area (Å²) in [6.07, 6.45) is 0. The van der Waals surface area contributed by atoms with Crippen LogP contribution in [0.4, 0.5) is 5.69 Å². The molecule has 0 saturated heterocycles. The van der Waals surface area contributed by atoms with Crippen LogP contribution in [0.15, 0.2) is 36.4 Å². The molecule has 2 aliphatic heterocycles. The van der Waals surface area contributed by atoms with Gasteiger partial charge in [0.05, 0.1) is 0 Å². The van der Waals surface area contributed by atoms with Gasteiger partial charge in [-0.2, -0.15) is 0 Å². The Morgan fingerprint density at radius 3 is 2.71 bits per heavy atom. The third-order valence-corrected chi connectivity index (χ3v) is 3.86. The van der Waals surface area contributed by atoms with E-state index in [-0.39, 0.29) is 12.7 Å². The van der Waals surface area contributed by atoms with Crippen LogP contribution in [-0.4, -0.2) is 17.6 Å². The number of hydrogen-bond acceptors (Lipinski definition) is 4. The van der Waals surface area contributed by atoms with Crippen molar-refractivity contribution in [3.8, 4) is 11.5 Å². The molecule has 0 aliphatic carbocycles. The van der Waals surface area contributed by atoms with Crippen molar-refractivity contribution in [2.45, 2.75) is 13.1 Å². The van der Waals surface area contributed by atoms with Gasteiger partial charge < -0.3 is 20.1 Å². The molecular weight excluding hydrogens is 268 g/mol. The van der Waals surface area contributed by atoms with E-state index in [0.29, 0.717) is 30.2 Å². The van der Waals surface area contributed by atoms with Crippen molar-refractivity contribution in [2.24, 2.45) is 0 Å². The van der Waals surface area contributed by atoms with Gasteiger partial charge >= 0.3 is 0 Å². The maximum absolute atomic E-state index is 12.6. The summed E-state index contributed by atoms with van der Waals surface area (Å²) in [5.74, 6) is 1.30. The number of nitrogens with two attached hydrogens (primary N) is 1. The minimum atomic E-state index is -0.0110. The van der Waals surface area contributed by atoms with E-state index in [2.05, 4.69) is 0 Å². The van der Waals surface area contributed by atoms with Gasteiger partial charge in [-0.15, -0.1) is 0 Å². The fourth-order valence-corrected chi connectivity index (χ4v) is 2.77. The van der Waals surface area contributed by atoms with Crippen LogP contribution < -0.4 is 15.2 Å². The molecule has 0 atom stereocenters. The fraction of sp³-hybridized carbons (Fsp3) is 0.188. The Morgan fingerprint density at radius 1 is 1.00 bits per heavy atom. The first-order valence-electron chi connectivity index (χ1n) is 6.77. The molecule has 0 fully saturated rings. The number of nitrogen functional groups attached to an aromatic ring is 1. The molecule has 2 heterocycles. The molecule has 5 heteroatoms. The van der Waals surface area contributed by atoms with Gasteiger partial charge in [-0.05, 0) is 41.5 Å². The molecule has 0 unspecified atom stereocenters. The number of hydrogen-bond donors (Lipinski definition) is 1. The standard InChI is InChI=1S/C16H14N2O3/c17-13-3-1-11-7-18(8-12(11)5-13)16(19)10-2-4-14-15(6-10)21-9-20-14/h1-6H,7-9,17H2. The Labute approximate surface area is 121 Å². The van der Waals surface area contributed by atoms with E-state index in [4.69, 9.17) is 15.2 Å². The van der Waals surface area contributed by atoms with Crippen LogP contribution in [0.2, 0.25) is 0 Å². The fourth-order valence-electron chi connectivity index (χ4n) is 2.77. The van der Waals surface area contributed by atoms with Crippen molar-refractivity contribution in [1.82, 2.24) is 4.90 Å². The Bertz CT molecular complexity index is 742. The molecule has 0 spiro atoms. The van der Waals surface area contributed by atoms with Gasteiger partial charge in [0.25, 0.3) is 5.91 Å². The molecule has 2 aliphatic rings. The summed E-state index contributed by atoms with van der Waals surface area (Å²) < 4.78 is 10.6. The number of ether oxygens (including phenoxy) is 2. The largest absolute Gasteiger partial charge is 0.454 e. The van der Waals surface area contributed by atoms with Gasteiger partial charge in [-0.1, -0.05) is 6.07 Å². The van der Waals surface area contributed by atoms with Gasteiger partial charge in [0, 0.05) is 24.3 Å². The highest BCUT2D eigenvalue weighted by Crippen LogP contribution is 2.33. The summed E-state index contributed by atoms with van der Waals surface area (Å²) >= 11 is 0. The zero-order valence-electron chi connectivity index (χ0n) is 11.3. The summed E-state index contributed by atoms with van der Waals surface area (Å²) in [5.41, 5.74) is 9.40. The summed E-state index contributed by atoms with van der Waals surface area (Å²) in [7, 11) is 0. The molecule has 2 aromatic rings. The molecule has 0 aromatic heterocycles. The first kappa shape index (κ1) is 12.1. The molecule has 4 rings (SSSR count). The lowest BCUT2D eigenvalue weighted by Gasteiger charge is -2.15. The van der Waals surface area contributed by atoms with E-state index in [9.17, 15) is 4.79 Å². The second-order valence-electron chi connectivity index (χ2n) is 5.26. The van der Waals surface area contributed by atoms with Crippen LogP contribution in [0.3, 0.4) is 0 Å². The van der Waals surface area contributed by atoms with E-state index < -0.39 is 0 Å². The number of nitrogens with zero attached hydrogens (tertiary/aromatic N) is 1. The number of fused-ring (bicyclic) bond motifs is 2. The predicted molar refractivity (Wildman–Crippen MR) is 77.0 cm³/mol. The van der Waals surface area contributed by atoms with Crippen molar-refractivity contribution in [3.63, 3.8) is 0 Å². The van der Waals surface area contributed by atoms with Crippen molar-refractivity contribution < 1.29 is 14.3 Å². The van der Waals surface area contributed by atoms with Crippen LogP contribution in [0.1, 0.15) is 21.5 Å². The molecular formula is C16H14N2O3. The van der Waals surface area contributed by atoms with Crippen LogP contribution in [0.25, 0.3) is 0 Å². The molecule has 1 amide bonds. The Balaban J connectivity index is 1.59. The second kappa shape index (κ2) is 4.41. The lowest BCUT2D eigenvalue weighted by molar-refractivity contribution is 0.0751. The van der Waals surface area contributed by atoms with E-state index in [1.54, 1.807) is 18.2 Å². The molecule has 0 bridgehead atoms. The van der Waals surface area contributed by atoms with Gasteiger partial charge in [-0.25, -0.2) is 0 Å². The van der Waals surface area contributed by atoms with Gasteiger partial charge in [0.15, 0.2) is 11.5 Å². The summed E-state index contributed by atoms with van der Waals surface area (Å²) in [6, 6.07) is 11.1. The number of rotatable bonds is 1. The topological polar surface area (TPSA) is 64.8 Å². The Hall–Kier alpha value is -2.69. The first-order valence-corrected chi connectivity index (χ1v) is 6.77. The van der Waals surface area contributed by atoms with E-state index in [1.807, 2.05) is 23.1 Å². The highest BCUT2D eigenvalue weighted by atomic mass is 16.7. The SMILES string of the molecule is Nc1ccc2c(c1)CN(C(=O)c1ccc3c(c1)OCO3)C2. The zero-order chi connectivity index (χ0) is 14.4. The second-order valence-corrected chi connectivity index (χ2v) is 5.26. The highest BCUT2D eigenvalue weighted by molar-refractivity contribution is 5.95. The number of carbonyl (C=O) groups excluding carboxylic acids is 1. The monoisotopic (exact) mass is 282 g/mol. The molecule has 21 heavy (non-hydrogen) atoms. The number of benzene rings is 2. The van der Waals surface area contributed by atoms with Gasteiger partial charge in [0.2, 0.25) is 6.79 Å². The maximum Gasteiger partial charge on any atom is 0.254 e. The normalized spacial score (nSPS) is 15.1. The number of amides is 1. The van der Waals surface area contributed by atoms with E-state index in [1.165, 1.54) is 0 Å². The lowest BCUT2D eigenvalue weighted by atomic mass is 10.1. The van der Waals surface area contributed by atoms with Crippen molar-refractivity contribution >= 4 is 11.6 Å². The van der Waals surface area contributed by atoms with Crippen molar-refractivity contribution in [2.75, 3.05) is 12.5 Å². The van der Waals surface area contributed by atoms with Gasteiger partial charge in [-0.3, -0.25) is 4.79 Å². The minimum Gasteiger partial charge on any atom is -0.454 e. The third-order valence-electron chi connectivity index (χ3n) is 3.86. The van der Waals surface area contributed by atoms with Crippen LogP contribution in [0, 0.1) is 0 Å². The van der Waals surface area contributed by atoms with E-state index >= 15 is 0 Å². The first-order chi connectivity index (χ1) is 10.2. The molecule has 106 valence electrons. The van der Waals surface area contributed by atoms with Crippen molar-refractivity contribution in [1.29, 1.82) is 0 Å². The minimum absolute atomic E-state index is 0.0110. The van der Waals surface area contributed by atoms with Crippen LogP contribution in [0.5, 0.6) is 11.5 Å². The molecule has 2 N–H and O–H groups in total. The van der Waals surface area contributed by atoms with Crippen molar-refractivity contribution in [3.05, 3.63) is 53.1 Å². The number of carbonyl (C=O) groups is 1. The summed E-state index contributed by atoms with van der Waals surface area (Å²) in [5, 5.41) is 0. The third kappa shape index (κ3) is 1.98. The molecule has 0 saturated carbocycles. The van der Waals surface area contributed by atoms with Crippen LogP contribution >= 0.6 is 0 Å². The predicted octanol–water partition coefficient (Wildman–Crippen LogP) is 2.15. The van der Waals surface area contributed by atoms with E-state index in [0.717, 1.165) is 16.8 Å². The summed E-state index contributed by atoms with van der Waals surface area (Å²) in [6.45, 7) is 1.41. The Morgan fingerprint density at radius 2 is 1.81 bits per heavy atom. The lowest BCUT2D eigenvalue weighted by Crippen LogP contribution is -2.25. The smallest absolute Gasteiger partial charge is 0.254 e. The quantitative estimate of drug-likeness (QED) is 0.814. The molecule has 0 radical (unpaired) electrons. The van der Waals surface area contributed by atoms with Gasteiger partial charge in [0.1, 0.15) is 0 Å². The average Bonchev–Trinajstić information content (AvgIpc) is 3.11. The Kier molecular flexibility index (Phi) is 2.54. The highest BCUT2D eigenvalue weighted by Gasteiger charge is 2.25. The zero-order valence-corrected chi connectivity index (χ0v) is 11.3. The van der Waals surface area contributed by atoms with Crippen LogP contribution in [-0.2, 0) is 13.1 Å². The summed E-state index contributed by atoms with van der Waals surface area (Å²) in [4.78, 5) is 14.4. The average molecular weight is 282 g/mol. The molecule has 5 nitrogen and oxygen atoms in total. The number of anilines is 1. The molecule has 2 aromatic carbocycles.